The van der Waals surface area contributed by atoms with E-state index < -0.39 is 16.8 Å². The SMILES string of the molecule is CCN(CC(C)(C)O)c1nnc(C(F)(F)F)s1. The van der Waals surface area contributed by atoms with Crippen molar-refractivity contribution in [3.8, 4) is 0 Å². The van der Waals surface area contributed by atoms with Crippen LogP contribution < -0.4 is 4.90 Å². The summed E-state index contributed by atoms with van der Waals surface area (Å²) in [6.45, 7) is 5.61. The minimum atomic E-state index is -4.47. The number of aliphatic hydroxyl groups is 1. The molecular formula is C9H14F3N3OS. The molecule has 0 aliphatic heterocycles. The lowest BCUT2D eigenvalue weighted by Crippen LogP contribution is -2.38. The first kappa shape index (κ1) is 14.2. The van der Waals surface area contributed by atoms with Gasteiger partial charge in [0.2, 0.25) is 10.1 Å². The molecule has 17 heavy (non-hydrogen) atoms. The molecule has 0 saturated carbocycles. The summed E-state index contributed by atoms with van der Waals surface area (Å²) in [6.07, 6.45) is -4.47. The largest absolute Gasteiger partial charge is 0.445 e. The molecule has 0 aliphatic carbocycles. The van der Waals surface area contributed by atoms with Crippen LogP contribution in [0.15, 0.2) is 0 Å². The molecule has 0 spiro atoms. The van der Waals surface area contributed by atoms with Crippen molar-refractivity contribution in [3.63, 3.8) is 0 Å². The van der Waals surface area contributed by atoms with Crippen LogP contribution in [-0.4, -0.2) is 34.0 Å². The summed E-state index contributed by atoms with van der Waals surface area (Å²) in [5.74, 6) is 0. The van der Waals surface area contributed by atoms with Crippen LogP contribution in [0, 0.1) is 0 Å². The molecule has 1 rings (SSSR count). The summed E-state index contributed by atoms with van der Waals surface area (Å²) in [7, 11) is 0. The summed E-state index contributed by atoms with van der Waals surface area (Å²) in [5, 5.41) is 15.4. The van der Waals surface area contributed by atoms with Gasteiger partial charge in [-0.05, 0) is 20.8 Å². The zero-order chi connectivity index (χ0) is 13.3. The van der Waals surface area contributed by atoms with Crippen molar-refractivity contribution < 1.29 is 18.3 Å². The third-order valence-electron chi connectivity index (χ3n) is 1.89. The maximum absolute atomic E-state index is 12.3. The maximum Gasteiger partial charge on any atom is 0.445 e. The van der Waals surface area contributed by atoms with Gasteiger partial charge >= 0.3 is 6.18 Å². The van der Waals surface area contributed by atoms with Gasteiger partial charge in [0.05, 0.1) is 5.60 Å². The Morgan fingerprint density at radius 3 is 2.24 bits per heavy atom. The lowest BCUT2D eigenvalue weighted by molar-refractivity contribution is -0.138. The summed E-state index contributed by atoms with van der Waals surface area (Å²) < 4.78 is 37.0. The Labute approximate surface area is 101 Å². The van der Waals surface area contributed by atoms with E-state index >= 15 is 0 Å². The van der Waals surface area contributed by atoms with Crippen LogP contribution in [0.3, 0.4) is 0 Å². The Balaban J connectivity index is 2.87. The molecule has 4 nitrogen and oxygen atoms in total. The van der Waals surface area contributed by atoms with Gasteiger partial charge in [0.1, 0.15) is 0 Å². The predicted molar refractivity (Wildman–Crippen MR) is 59.1 cm³/mol. The van der Waals surface area contributed by atoms with Crippen LogP contribution >= 0.6 is 11.3 Å². The second kappa shape index (κ2) is 4.77. The van der Waals surface area contributed by atoms with Gasteiger partial charge < -0.3 is 10.0 Å². The van der Waals surface area contributed by atoms with Crippen molar-refractivity contribution in [1.29, 1.82) is 0 Å². The normalized spacial score (nSPS) is 12.9. The highest BCUT2D eigenvalue weighted by Gasteiger charge is 2.36. The average Bonchev–Trinajstić information content (AvgIpc) is 2.60. The highest BCUT2D eigenvalue weighted by atomic mass is 32.1. The molecule has 98 valence electrons. The first-order valence-electron chi connectivity index (χ1n) is 5.01. The fraction of sp³-hybridized carbons (Fsp3) is 0.778. The lowest BCUT2D eigenvalue weighted by atomic mass is 10.1. The van der Waals surface area contributed by atoms with Crippen molar-refractivity contribution in [2.45, 2.75) is 32.5 Å². The van der Waals surface area contributed by atoms with E-state index in [0.29, 0.717) is 17.9 Å². The Morgan fingerprint density at radius 1 is 1.29 bits per heavy atom. The van der Waals surface area contributed by atoms with Gasteiger partial charge in [0.25, 0.3) is 0 Å². The van der Waals surface area contributed by atoms with Crippen molar-refractivity contribution in [1.82, 2.24) is 10.2 Å². The van der Waals surface area contributed by atoms with Crippen LogP contribution in [0.5, 0.6) is 0 Å². The van der Waals surface area contributed by atoms with Crippen LogP contribution in [0.4, 0.5) is 18.3 Å². The molecule has 0 radical (unpaired) electrons. The molecule has 0 saturated heterocycles. The molecule has 1 heterocycles. The van der Waals surface area contributed by atoms with E-state index in [1.165, 1.54) is 0 Å². The fourth-order valence-electron chi connectivity index (χ4n) is 1.24. The molecule has 1 aromatic heterocycles. The first-order valence-corrected chi connectivity index (χ1v) is 5.83. The highest BCUT2D eigenvalue weighted by Crippen LogP contribution is 2.34. The standard InChI is InChI=1S/C9H14F3N3OS/c1-4-15(5-8(2,3)16)7-14-13-6(17-7)9(10,11)12/h16H,4-5H2,1-3H3. The van der Waals surface area contributed by atoms with Crippen molar-refractivity contribution in [2.24, 2.45) is 0 Å². The van der Waals surface area contributed by atoms with E-state index in [4.69, 9.17) is 0 Å². The number of rotatable bonds is 4. The van der Waals surface area contributed by atoms with Crippen LogP contribution in [0.1, 0.15) is 25.8 Å². The second-order valence-electron chi connectivity index (χ2n) is 4.21. The van der Waals surface area contributed by atoms with Gasteiger partial charge in [-0.3, -0.25) is 0 Å². The third-order valence-corrected chi connectivity index (χ3v) is 2.92. The summed E-state index contributed by atoms with van der Waals surface area (Å²) in [6, 6.07) is 0. The Bertz CT molecular complexity index is 372. The van der Waals surface area contributed by atoms with E-state index in [-0.39, 0.29) is 11.7 Å². The van der Waals surface area contributed by atoms with Gasteiger partial charge in [-0.2, -0.15) is 13.2 Å². The average molecular weight is 269 g/mol. The van der Waals surface area contributed by atoms with Crippen LogP contribution in [0.25, 0.3) is 0 Å². The number of hydrogen-bond acceptors (Lipinski definition) is 5. The van der Waals surface area contributed by atoms with Crippen molar-refractivity contribution >= 4 is 16.5 Å². The third kappa shape index (κ3) is 4.12. The number of nitrogens with zero attached hydrogens (tertiary/aromatic N) is 3. The number of aromatic nitrogens is 2. The Kier molecular flexibility index (Phi) is 3.98. The maximum atomic E-state index is 12.3. The first-order chi connectivity index (χ1) is 7.63. The second-order valence-corrected chi connectivity index (χ2v) is 5.17. The van der Waals surface area contributed by atoms with E-state index in [1.54, 1.807) is 25.7 Å². The van der Waals surface area contributed by atoms with Gasteiger partial charge in [-0.15, -0.1) is 10.2 Å². The molecule has 0 bridgehead atoms. The van der Waals surface area contributed by atoms with Crippen LogP contribution in [0.2, 0.25) is 0 Å². The van der Waals surface area contributed by atoms with E-state index in [9.17, 15) is 18.3 Å². The highest BCUT2D eigenvalue weighted by molar-refractivity contribution is 7.15. The Morgan fingerprint density at radius 2 is 1.88 bits per heavy atom. The molecule has 1 aromatic rings. The number of hydrogen-bond donors (Lipinski definition) is 1. The molecule has 0 fully saturated rings. The van der Waals surface area contributed by atoms with Crippen molar-refractivity contribution in [3.05, 3.63) is 5.01 Å². The van der Waals surface area contributed by atoms with Crippen LogP contribution in [-0.2, 0) is 6.18 Å². The zero-order valence-corrected chi connectivity index (χ0v) is 10.6. The minimum absolute atomic E-state index is 0.168. The molecule has 8 heteroatoms. The monoisotopic (exact) mass is 269 g/mol. The molecule has 0 atom stereocenters. The van der Waals surface area contributed by atoms with Gasteiger partial charge in [0.15, 0.2) is 0 Å². The smallest absolute Gasteiger partial charge is 0.389 e. The number of likely N-dealkylation sites (N-methyl/N-ethyl adjacent to an activating group) is 1. The Hall–Kier alpha value is -0.890. The number of alkyl halides is 3. The molecule has 0 unspecified atom stereocenters. The molecule has 0 amide bonds. The van der Waals surface area contributed by atoms with E-state index in [2.05, 4.69) is 10.2 Å². The van der Waals surface area contributed by atoms with Gasteiger partial charge in [-0.1, -0.05) is 11.3 Å². The fourth-order valence-corrected chi connectivity index (χ4v) is 2.01. The van der Waals surface area contributed by atoms with E-state index in [1.807, 2.05) is 0 Å². The number of anilines is 1. The van der Waals surface area contributed by atoms with Gasteiger partial charge in [-0.25, -0.2) is 0 Å². The quantitative estimate of drug-likeness (QED) is 0.910. The molecule has 0 aromatic carbocycles. The lowest BCUT2D eigenvalue weighted by Gasteiger charge is -2.27. The zero-order valence-electron chi connectivity index (χ0n) is 9.75. The number of halogens is 3. The van der Waals surface area contributed by atoms with E-state index in [0.717, 1.165) is 0 Å². The predicted octanol–water partition coefficient (Wildman–Crippen LogP) is 2.15. The minimum Gasteiger partial charge on any atom is -0.389 e. The summed E-state index contributed by atoms with van der Waals surface area (Å²) in [4.78, 5) is 1.56. The molecule has 0 aliphatic rings. The van der Waals surface area contributed by atoms with Crippen molar-refractivity contribution in [2.75, 3.05) is 18.0 Å². The molecule has 1 N–H and O–H groups in total. The summed E-state index contributed by atoms with van der Waals surface area (Å²) in [5.41, 5.74) is -1.000. The molecular weight excluding hydrogens is 255 g/mol. The van der Waals surface area contributed by atoms with Gasteiger partial charge in [0, 0.05) is 13.1 Å². The topological polar surface area (TPSA) is 49.2 Å². The summed E-state index contributed by atoms with van der Waals surface area (Å²) >= 11 is 0.481.